The Bertz CT molecular complexity index is 938. The first kappa shape index (κ1) is 20.8. The Morgan fingerprint density at radius 2 is 1.70 bits per heavy atom. The van der Waals surface area contributed by atoms with Gasteiger partial charge in [0.15, 0.2) is 0 Å². The van der Waals surface area contributed by atoms with E-state index < -0.39 is 0 Å². The second-order valence-corrected chi connectivity index (χ2v) is 9.51. The molecule has 1 spiro atoms. The van der Waals surface area contributed by atoms with Crippen molar-refractivity contribution in [2.24, 2.45) is 0 Å². The van der Waals surface area contributed by atoms with Crippen LogP contribution in [0.4, 0.5) is 10.5 Å². The van der Waals surface area contributed by atoms with Crippen LogP contribution in [-0.2, 0) is 10.3 Å². The third-order valence-electron chi connectivity index (χ3n) is 5.83. The third-order valence-corrected chi connectivity index (χ3v) is 6.08. The molecule has 5 nitrogen and oxygen atoms in total. The van der Waals surface area contributed by atoms with Gasteiger partial charge >= 0.3 is 6.03 Å². The van der Waals surface area contributed by atoms with Crippen LogP contribution in [0.5, 0.6) is 0 Å². The zero-order chi connectivity index (χ0) is 21.4. The molecule has 0 aliphatic carbocycles. The minimum atomic E-state index is -0.375. The minimum Gasteiger partial charge on any atom is -0.324 e. The van der Waals surface area contributed by atoms with Crippen LogP contribution in [0.2, 0.25) is 5.02 Å². The van der Waals surface area contributed by atoms with Crippen molar-refractivity contribution in [2.75, 3.05) is 18.4 Å². The number of likely N-dealkylation sites (tertiary alicyclic amines) is 1. The van der Waals surface area contributed by atoms with Crippen molar-refractivity contribution in [1.82, 2.24) is 10.4 Å². The highest BCUT2D eigenvalue weighted by molar-refractivity contribution is 6.30. The summed E-state index contributed by atoms with van der Waals surface area (Å²) in [6.07, 6.45) is 3.62. The van der Waals surface area contributed by atoms with Crippen LogP contribution in [0.25, 0.3) is 5.70 Å². The van der Waals surface area contributed by atoms with E-state index in [0.29, 0.717) is 18.1 Å². The van der Waals surface area contributed by atoms with Crippen molar-refractivity contribution in [3.8, 4) is 0 Å². The van der Waals surface area contributed by atoms with Crippen LogP contribution < -0.4 is 10.8 Å². The number of halogens is 1. The Labute approximate surface area is 183 Å². The molecule has 0 bridgehead atoms. The van der Waals surface area contributed by atoms with Crippen LogP contribution in [0.3, 0.4) is 0 Å². The van der Waals surface area contributed by atoms with Crippen LogP contribution in [-0.4, -0.2) is 29.6 Å². The molecule has 1 fully saturated rings. The number of hydroxylamine groups is 1. The Balaban J connectivity index is 1.35. The third kappa shape index (κ3) is 4.47. The van der Waals surface area contributed by atoms with Crippen LogP contribution in [0.15, 0.2) is 54.6 Å². The summed E-state index contributed by atoms with van der Waals surface area (Å²) in [6.45, 7) is 7.81. The van der Waals surface area contributed by atoms with Crippen LogP contribution in [0, 0.1) is 0 Å². The smallest absolute Gasteiger partial charge is 0.321 e. The van der Waals surface area contributed by atoms with Crippen LogP contribution >= 0.6 is 11.6 Å². The van der Waals surface area contributed by atoms with E-state index in [1.807, 2.05) is 41.3 Å². The number of nitrogens with zero attached hydrogens (tertiary/aromatic N) is 1. The van der Waals surface area contributed by atoms with E-state index in [1.165, 1.54) is 5.56 Å². The Hall–Kier alpha value is -2.50. The predicted octanol–water partition coefficient (Wildman–Crippen LogP) is 5.58. The monoisotopic (exact) mass is 425 g/mol. The molecule has 6 heteroatoms. The number of urea groups is 1. The SMILES string of the molecule is CC(C)(C)c1ccc(NC(=O)N2CCC3(C=C(c4ccc(Cl)cc4)NO3)CC2)cc1. The van der Waals surface area contributed by atoms with Gasteiger partial charge in [0.25, 0.3) is 0 Å². The number of amides is 2. The van der Waals surface area contributed by atoms with E-state index in [1.54, 1.807) is 0 Å². The van der Waals surface area contributed by atoms with Gasteiger partial charge in [-0.05, 0) is 46.9 Å². The lowest BCUT2D eigenvalue weighted by Gasteiger charge is -2.36. The molecule has 30 heavy (non-hydrogen) atoms. The fraction of sp³-hybridized carbons (Fsp3) is 0.375. The number of rotatable bonds is 2. The molecule has 0 saturated carbocycles. The maximum atomic E-state index is 12.7. The lowest BCUT2D eigenvalue weighted by Crippen LogP contribution is -2.48. The average Bonchev–Trinajstić information content (AvgIpc) is 3.12. The number of hydrogen-bond acceptors (Lipinski definition) is 3. The van der Waals surface area contributed by atoms with Gasteiger partial charge in [-0.15, -0.1) is 0 Å². The van der Waals surface area contributed by atoms with Gasteiger partial charge in [-0.25, -0.2) is 4.79 Å². The number of piperidine rings is 1. The van der Waals surface area contributed by atoms with Gasteiger partial charge in [0, 0.05) is 36.6 Å². The van der Waals surface area contributed by atoms with Gasteiger partial charge in [-0.1, -0.05) is 56.6 Å². The van der Waals surface area contributed by atoms with E-state index in [2.05, 4.69) is 49.8 Å². The van der Waals surface area contributed by atoms with E-state index in [0.717, 1.165) is 29.8 Å². The summed E-state index contributed by atoms with van der Waals surface area (Å²) < 4.78 is 0. The highest BCUT2D eigenvalue weighted by atomic mass is 35.5. The van der Waals surface area contributed by atoms with Gasteiger partial charge in [0.2, 0.25) is 0 Å². The zero-order valence-electron chi connectivity index (χ0n) is 17.7. The number of anilines is 1. The van der Waals surface area contributed by atoms with Crippen molar-refractivity contribution in [1.29, 1.82) is 0 Å². The van der Waals surface area contributed by atoms with Gasteiger partial charge in [-0.2, -0.15) is 0 Å². The first-order valence-electron chi connectivity index (χ1n) is 10.3. The normalized spacial score (nSPS) is 18.1. The lowest BCUT2D eigenvalue weighted by atomic mass is 9.87. The van der Waals surface area contributed by atoms with Crippen molar-refractivity contribution >= 4 is 29.0 Å². The second kappa shape index (κ2) is 7.97. The molecule has 2 amide bonds. The van der Waals surface area contributed by atoms with Crippen molar-refractivity contribution in [2.45, 2.75) is 44.6 Å². The summed E-state index contributed by atoms with van der Waals surface area (Å²) in [5.74, 6) is 0. The Morgan fingerprint density at radius 1 is 1.07 bits per heavy atom. The topological polar surface area (TPSA) is 53.6 Å². The number of hydrogen-bond donors (Lipinski definition) is 2. The molecule has 0 unspecified atom stereocenters. The molecule has 2 aromatic rings. The highest BCUT2D eigenvalue weighted by Crippen LogP contribution is 2.35. The maximum absolute atomic E-state index is 12.7. The zero-order valence-corrected chi connectivity index (χ0v) is 18.4. The first-order chi connectivity index (χ1) is 14.2. The Morgan fingerprint density at radius 3 is 2.30 bits per heavy atom. The maximum Gasteiger partial charge on any atom is 0.321 e. The summed E-state index contributed by atoms with van der Waals surface area (Å²) in [4.78, 5) is 20.5. The summed E-state index contributed by atoms with van der Waals surface area (Å²) in [7, 11) is 0. The second-order valence-electron chi connectivity index (χ2n) is 9.08. The fourth-order valence-corrected chi connectivity index (χ4v) is 3.97. The molecule has 0 radical (unpaired) electrons. The minimum absolute atomic E-state index is 0.0683. The Kier molecular flexibility index (Phi) is 5.51. The van der Waals surface area contributed by atoms with Crippen molar-refractivity contribution in [3.05, 3.63) is 70.8 Å². The fourth-order valence-electron chi connectivity index (χ4n) is 3.84. The highest BCUT2D eigenvalue weighted by Gasteiger charge is 2.39. The summed E-state index contributed by atoms with van der Waals surface area (Å²) in [5, 5.41) is 3.72. The molecule has 0 atom stereocenters. The predicted molar refractivity (Wildman–Crippen MR) is 121 cm³/mol. The first-order valence-corrected chi connectivity index (χ1v) is 10.7. The van der Waals surface area contributed by atoms with Crippen LogP contribution in [0.1, 0.15) is 44.7 Å². The van der Waals surface area contributed by atoms with Gasteiger partial charge in [-0.3, -0.25) is 10.3 Å². The van der Waals surface area contributed by atoms with Gasteiger partial charge in [0.05, 0.1) is 5.70 Å². The molecule has 0 aromatic heterocycles. The van der Waals surface area contributed by atoms with E-state index in [-0.39, 0.29) is 17.0 Å². The quantitative estimate of drug-likeness (QED) is 0.660. The standard InChI is InChI=1S/C24H28ClN3O2/c1-23(2,3)18-6-10-20(11-7-18)26-22(29)28-14-12-24(13-15-28)16-21(27-30-24)17-4-8-19(25)9-5-17/h4-11,16,27H,12-15H2,1-3H3,(H,26,29). The molecular weight excluding hydrogens is 398 g/mol. The molecule has 2 aliphatic heterocycles. The summed E-state index contributed by atoms with van der Waals surface area (Å²) >= 11 is 5.98. The molecule has 2 N–H and O–H groups in total. The summed E-state index contributed by atoms with van der Waals surface area (Å²) in [6, 6.07) is 15.7. The lowest BCUT2D eigenvalue weighted by molar-refractivity contribution is -0.0634. The number of nitrogens with one attached hydrogen (secondary N) is 2. The van der Waals surface area contributed by atoms with E-state index in [9.17, 15) is 4.79 Å². The number of carbonyl (C=O) groups is 1. The van der Waals surface area contributed by atoms with Crippen molar-refractivity contribution in [3.63, 3.8) is 0 Å². The average molecular weight is 426 g/mol. The van der Waals surface area contributed by atoms with Gasteiger partial charge in [0.1, 0.15) is 5.60 Å². The molecular formula is C24H28ClN3O2. The van der Waals surface area contributed by atoms with Gasteiger partial charge < -0.3 is 10.2 Å². The molecule has 2 heterocycles. The largest absolute Gasteiger partial charge is 0.324 e. The number of benzene rings is 2. The molecule has 158 valence electrons. The molecule has 2 aliphatic rings. The summed E-state index contributed by atoms with van der Waals surface area (Å²) in [5.41, 5.74) is 6.82. The molecule has 2 aromatic carbocycles. The molecule has 1 saturated heterocycles. The molecule has 4 rings (SSSR count). The van der Waals surface area contributed by atoms with E-state index in [4.69, 9.17) is 16.4 Å². The number of carbonyl (C=O) groups excluding carboxylic acids is 1. The van der Waals surface area contributed by atoms with E-state index >= 15 is 0 Å². The van der Waals surface area contributed by atoms with Crippen molar-refractivity contribution < 1.29 is 9.63 Å².